The van der Waals surface area contributed by atoms with Crippen molar-refractivity contribution < 1.29 is 13.2 Å². The molecule has 1 aromatic carbocycles. The Hall–Kier alpha value is -2.26. The van der Waals surface area contributed by atoms with Gasteiger partial charge in [-0.1, -0.05) is 42.6 Å². The molecule has 2 fully saturated rings. The maximum absolute atomic E-state index is 13.5. The first kappa shape index (κ1) is 23.9. The van der Waals surface area contributed by atoms with E-state index in [0.717, 1.165) is 54.8 Å². The van der Waals surface area contributed by atoms with Gasteiger partial charge in [-0.3, -0.25) is 0 Å². The molecule has 0 amide bonds. The molecule has 33 heavy (non-hydrogen) atoms. The average Bonchev–Trinajstić information content (AvgIpc) is 3.45. The van der Waals surface area contributed by atoms with Crippen LogP contribution in [0.1, 0.15) is 31.2 Å². The molecule has 0 bridgehead atoms. The number of allylic oxidation sites excluding steroid dienone is 3. The summed E-state index contributed by atoms with van der Waals surface area (Å²) in [5, 5.41) is 9.45. The summed E-state index contributed by atoms with van der Waals surface area (Å²) < 4.78 is 42.6. The fourth-order valence-electron chi connectivity index (χ4n) is 4.98. The molecule has 2 unspecified atom stereocenters. The maximum Gasteiger partial charge on any atom is 0.418 e. The van der Waals surface area contributed by atoms with Crippen molar-refractivity contribution in [3.8, 4) is 0 Å². The molecule has 3 heterocycles. The van der Waals surface area contributed by atoms with Crippen molar-refractivity contribution in [1.29, 1.82) is 0 Å². The van der Waals surface area contributed by atoms with Crippen LogP contribution >= 0.6 is 11.8 Å². The minimum Gasteiger partial charge on any atom is -0.366 e. The minimum atomic E-state index is -4.33. The van der Waals surface area contributed by atoms with Crippen molar-refractivity contribution >= 4 is 23.0 Å². The van der Waals surface area contributed by atoms with E-state index >= 15 is 0 Å². The lowest BCUT2D eigenvalue weighted by Gasteiger charge is -2.29. The summed E-state index contributed by atoms with van der Waals surface area (Å²) >= 11 is 1.68. The van der Waals surface area contributed by atoms with Crippen LogP contribution in [0, 0.1) is 5.92 Å². The van der Waals surface area contributed by atoms with Crippen LogP contribution in [0.25, 0.3) is 5.57 Å². The molecule has 0 aliphatic carbocycles. The molecular formula is C24H30F3N5S. The molecule has 4 rings (SSSR count). The molecule has 9 heteroatoms. The van der Waals surface area contributed by atoms with E-state index in [9.17, 15) is 13.2 Å². The monoisotopic (exact) mass is 477 g/mol. The van der Waals surface area contributed by atoms with E-state index in [1.54, 1.807) is 30.0 Å². The molecule has 1 aromatic heterocycles. The summed E-state index contributed by atoms with van der Waals surface area (Å²) in [6, 6.07) is 6.14. The Kier molecular flexibility index (Phi) is 7.19. The van der Waals surface area contributed by atoms with Crippen molar-refractivity contribution in [2.24, 2.45) is 13.0 Å². The Labute approximate surface area is 197 Å². The molecule has 0 spiro atoms. The van der Waals surface area contributed by atoms with Crippen molar-refractivity contribution in [2.75, 3.05) is 36.8 Å². The highest BCUT2D eigenvalue weighted by atomic mass is 32.2. The third-order valence-corrected chi connectivity index (χ3v) is 7.65. The number of rotatable bonds is 8. The highest BCUT2D eigenvalue weighted by molar-refractivity contribution is 7.99. The van der Waals surface area contributed by atoms with Crippen LogP contribution in [-0.4, -0.2) is 57.6 Å². The number of nitrogens with zero attached hydrogens (tertiary/aromatic N) is 5. The third kappa shape index (κ3) is 5.14. The van der Waals surface area contributed by atoms with Crippen molar-refractivity contribution in [3.05, 3.63) is 54.4 Å². The number of anilines is 1. The summed E-state index contributed by atoms with van der Waals surface area (Å²) in [5.41, 5.74) is 0.822. The molecule has 5 nitrogen and oxygen atoms in total. The Morgan fingerprint density at radius 1 is 1.24 bits per heavy atom. The molecule has 2 aliphatic heterocycles. The van der Waals surface area contributed by atoms with Gasteiger partial charge in [-0.2, -0.15) is 13.2 Å². The zero-order valence-corrected chi connectivity index (χ0v) is 19.9. The van der Waals surface area contributed by atoms with Gasteiger partial charge in [0, 0.05) is 44.2 Å². The fourth-order valence-corrected chi connectivity index (χ4v) is 5.82. The number of halogens is 3. The van der Waals surface area contributed by atoms with Gasteiger partial charge >= 0.3 is 6.18 Å². The third-order valence-electron chi connectivity index (χ3n) is 6.55. The predicted molar refractivity (Wildman–Crippen MR) is 127 cm³/mol. The Morgan fingerprint density at radius 2 is 2.03 bits per heavy atom. The molecule has 2 saturated heterocycles. The van der Waals surface area contributed by atoms with E-state index in [0.29, 0.717) is 18.2 Å². The lowest BCUT2D eigenvalue weighted by molar-refractivity contribution is -0.137. The second kappa shape index (κ2) is 9.93. The van der Waals surface area contributed by atoms with Crippen LogP contribution in [0.5, 0.6) is 0 Å². The fraction of sp³-hybridized carbons (Fsp3) is 0.500. The van der Waals surface area contributed by atoms with Gasteiger partial charge in [0.25, 0.3) is 0 Å². The van der Waals surface area contributed by atoms with E-state index in [-0.39, 0.29) is 6.04 Å². The second-order valence-corrected chi connectivity index (χ2v) is 9.80. The van der Waals surface area contributed by atoms with E-state index in [1.807, 2.05) is 29.5 Å². The van der Waals surface area contributed by atoms with Crippen molar-refractivity contribution in [1.82, 2.24) is 19.7 Å². The molecule has 2 aromatic rings. The summed E-state index contributed by atoms with van der Waals surface area (Å²) in [6.07, 6.45) is 1.27. The van der Waals surface area contributed by atoms with Gasteiger partial charge < -0.3 is 14.4 Å². The van der Waals surface area contributed by atoms with Crippen LogP contribution < -0.4 is 4.90 Å². The van der Waals surface area contributed by atoms with Crippen LogP contribution in [0.15, 0.2) is 48.2 Å². The molecular weight excluding hydrogens is 447 g/mol. The predicted octanol–water partition coefficient (Wildman–Crippen LogP) is 5.12. The number of fused-ring (bicyclic) bond motifs is 1. The number of alkyl halides is 3. The van der Waals surface area contributed by atoms with Crippen LogP contribution in [-0.2, 0) is 13.2 Å². The minimum absolute atomic E-state index is 0.155. The molecule has 2 atom stereocenters. The molecule has 0 radical (unpaired) electrons. The number of likely N-dealkylation sites (tertiary alicyclic amines) is 1. The van der Waals surface area contributed by atoms with Crippen LogP contribution in [0.3, 0.4) is 0 Å². The molecule has 2 aliphatic rings. The number of hydrogen-bond acceptors (Lipinski definition) is 5. The van der Waals surface area contributed by atoms with Crippen LogP contribution in [0.4, 0.5) is 18.9 Å². The van der Waals surface area contributed by atoms with Crippen molar-refractivity contribution in [2.45, 2.75) is 37.1 Å². The van der Waals surface area contributed by atoms with Gasteiger partial charge in [-0.25, -0.2) is 0 Å². The average molecular weight is 478 g/mol. The van der Waals surface area contributed by atoms with Crippen LogP contribution in [0.2, 0.25) is 0 Å². The Balaban J connectivity index is 1.30. The first-order valence-corrected chi connectivity index (χ1v) is 12.2. The number of benzene rings is 1. The standard InChI is InChI=1S/C24H30F3N5S/c1-4-8-17(2)22-28-29-23(30(22)3)33-14-7-12-31-15-18-11-13-32(21(18)16-31)20-10-6-5-9-19(20)24(25,26)27/h4-6,8-10,18,21H,1,7,11-16H2,2-3H3/b17-8+. The number of hydrogen-bond donors (Lipinski definition) is 0. The quantitative estimate of drug-likeness (QED) is 0.300. The van der Waals surface area contributed by atoms with E-state index in [1.165, 1.54) is 12.1 Å². The first-order valence-electron chi connectivity index (χ1n) is 11.3. The lowest BCUT2D eigenvalue weighted by Crippen LogP contribution is -2.36. The van der Waals surface area contributed by atoms with Gasteiger partial charge in [0.05, 0.1) is 5.56 Å². The topological polar surface area (TPSA) is 37.2 Å². The van der Waals surface area contributed by atoms with Gasteiger partial charge in [-0.05, 0) is 49.9 Å². The molecule has 0 N–H and O–H groups in total. The summed E-state index contributed by atoms with van der Waals surface area (Å²) in [4.78, 5) is 4.39. The van der Waals surface area contributed by atoms with E-state index in [4.69, 9.17) is 0 Å². The van der Waals surface area contributed by atoms with E-state index < -0.39 is 11.7 Å². The smallest absolute Gasteiger partial charge is 0.366 e. The maximum atomic E-state index is 13.5. The van der Waals surface area contributed by atoms with Gasteiger partial charge in [-0.15, -0.1) is 10.2 Å². The largest absolute Gasteiger partial charge is 0.418 e. The zero-order valence-electron chi connectivity index (χ0n) is 19.1. The SMILES string of the molecule is C=C/C=C(\C)c1nnc(SCCCN2CC3CCN(c4ccccc4C(F)(F)F)C3C2)n1C. The van der Waals surface area contributed by atoms with Gasteiger partial charge in [0.15, 0.2) is 11.0 Å². The van der Waals surface area contributed by atoms with Crippen molar-refractivity contribution in [3.63, 3.8) is 0 Å². The second-order valence-electron chi connectivity index (χ2n) is 8.74. The zero-order chi connectivity index (χ0) is 23.6. The van der Waals surface area contributed by atoms with Gasteiger partial charge in [0.2, 0.25) is 0 Å². The summed E-state index contributed by atoms with van der Waals surface area (Å²) in [5.74, 6) is 2.19. The number of thioether (sulfide) groups is 1. The molecule has 178 valence electrons. The lowest BCUT2D eigenvalue weighted by atomic mass is 10.0. The Morgan fingerprint density at radius 3 is 2.79 bits per heavy atom. The summed E-state index contributed by atoms with van der Waals surface area (Å²) in [6.45, 7) is 9.12. The van der Waals surface area contributed by atoms with Gasteiger partial charge in [0.1, 0.15) is 0 Å². The highest BCUT2D eigenvalue weighted by Crippen LogP contribution is 2.41. The normalized spacial score (nSPS) is 21.6. The highest BCUT2D eigenvalue weighted by Gasteiger charge is 2.44. The van der Waals surface area contributed by atoms with E-state index in [2.05, 4.69) is 21.7 Å². The Bertz CT molecular complexity index is 1020. The summed E-state index contributed by atoms with van der Waals surface area (Å²) in [7, 11) is 1.97. The number of aromatic nitrogens is 3. The first-order chi connectivity index (χ1) is 15.8. The number of para-hydroxylation sites is 1. The molecule has 0 saturated carbocycles.